The molecule has 0 saturated carbocycles. The number of hydrogen-bond donors (Lipinski definition) is 2. The molecule has 0 aliphatic heterocycles. The van der Waals surface area contributed by atoms with E-state index in [9.17, 15) is 10.2 Å². The van der Waals surface area contributed by atoms with Crippen LogP contribution in [0.25, 0.3) is 0 Å². The molecule has 2 N–H and O–H groups in total. The predicted octanol–water partition coefficient (Wildman–Crippen LogP) is 11.1. The summed E-state index contributed by atoms with van der Waals surface area (Å²) in [5.41, 5.74) is 0. The Balaban J connectivity index is 3.14. The van der Waals surface area contributed by atoms with Crippen LogP contribution in [0.1, 0.15) is 200 Å². The lowest BCUT2D eigenvalue weighted by Gasteiger charge is -2.15. The van der Waals surface area contributed by atoms with Crippen molar-refractivity contribution in [2.75, 3.05) is 0 Å². The van der Waals surface area contributed by atoms with Gasteiger partial charge >= 0.3 is 0 Å². The fourth-order valence-corrected chi connectivity index (χ4v) is 5.35. The average Bonchev–Trinajstić information content (AvgIpc) is 2.84. The van der Waals surface area contributed by atoms with Gasteiger partial charge in [-0.15, -0.1) is 0 Å². The van der Waals surface area contributed by atoms with Crippen molar-refractivity contribution >= 4 is 0 Å². The van der Waals surface area contributed by atoms with Crippen LogP contribution < -0.4 is 0 Å². The third kappa shape index (κ3) is 30.0. The molecule has 0 aliphatic rings. The molecule has 0 heterocycles. The highest BCUT2D eigenvalue weighted by Gasteiger charge is 2.11. The summed E-state index contributed by atoms with van der Waals surface area (Å²) in [4.78, 5) is 0. The summed E-state index contributed by atoms with van der Waals surface area (Å²) in [5.74, 6) is 0. The topological polar surface area (TPSA) is 40.5 Å². The van der Waals surface area contributed by atoms with Crippen molar-refractivity contribution in [3.63, 3.8) is 0 Å². The quantitative estimate of drug-likeness (QED) is 0.0970. The molecule has 0 aromatic rings. The molecule has 212 valence electrons. The second-order valence-corrected chi connectivity index (χ2v) is 11.6. The summed E-state index contributed by atoms with van der Waals surface area (Å²) in [6.45, 7) is 4.48. The molecule has 0 unspecified atom stereocenters. The Morgan fingerprint density at radius 2 is 0.514 bits per heavy atom. The molecule has 0 fully saturated rings. The second-order valence-electron chi connectivity index (χ2n) is 11.6. The van der Waals surface area contributed by atoms with E-state index < -0.39 is 0 Å². The SMILES string of the molecule is CCCCCCCCCCCCCCCCCCCCCCCCC[C@H](O)C[C@H](O)CCCCC. The van der Waals surface area contributed by atoms with Crippen LogP contribution in [0.15, 0.2) is 0 Å². The number of aliphatic hydroxyl groups excluding tert-OH is 2. The zero-order chi connectivity index (χ0) is 25.7. The van der Waals surface area contributed by atoms with Gasteiger partial charge in [-0.1, -0.05) is 181 Å². The van der Waals surface area contributed by atoms with E-state index in [4.69, 9.17) is 0 Å². The first-order valence-corrected chi connectivity index (χ1v) is 16.6. The Labute approximate surface area is 222 Å². The molecular weight excluding hydrogens is 428 g/mol. The van der Waals surface area contributed by atoms with Gasteiger partial charge in [0.1, 0.15) is 0 Å². The normalized spacial score (nSPS) is 13.4. The van der Waals surface area contributed by atoms with Crippen molar-refractivity contribution in [1.29, 1.82) is 0 Å². The van der Waals surface area contributed by atoms with Crippen LogP contribution in [0.3, 0.4) is 0 Å². The molecule has 0 aliphatic carbocycles. The van der Waals surface area contributed by atoms with E-state index in [1.807, 2.05) is 0 Å². The molecule has 0 amide bonds. The van der Waals surface area contributed by atoms with Crippen LogP contribution in [-0.4, -0.2) is 22.4 Å². The Bertz CT molecular complexity index is 370. The highest BCUT2D eigenvalue weighted by molar-refractivity contribution is 4.64. The summed E-state index contributed by atoms with van der Waals surface area (Å²) in [7, 11) is 0. The first-order valence-electron chi connectivity index (χ1n) is 16.6. The zero-order valence-corrected chi connectivity index (χ0v) is 24.6. The standard InChI is InChI=1S/C33H68O2/c1-3-5-7-8-9-10-11-12-13-14-15-16-17-18-19-20-21-22-23-24-25-26-28-30-33(35)31-32(34)29-27-6-4-2/h32-35H,3-31H2,1-2H3/t32-,33+/m1/s1. The van der Waals surface area contributed by atoms with Gasteiger partial charge in [-0.2, -0.15) is 0 Å². The van der Waals surface area contributed by atoms with E-state index in [1.165, 1.54) is 154 Å². The zero-order valence-electron chi connectivity index (χ0n) is 24.6. The minimum atomic E-state index is -0.305. The molecule has 0 rings (SSSR count). The second kappa shape index (κ2) is 30.1. The fraction of sp³-hybridized carbons (Fsp3) is 1.00. The van der Waals surface area contributed by atoms with E-state index in [-0.39, 0.29) is 12.2 Å². The van der Waals surface area contributed by atoms with Crippen LogP contribution in [0.2, 0.25) is 0 Å². The Morgan fingerprint density at radius 3 is 0.800 bits per heavy atom. The van der Waals surface area contributed by atoms with Gasteiger partial charge in [-0.25, -0.2) is 0 Å². The summed E-state index contributed by atoms with van der Waals surface area (Å²) in [5, 5.41) is 20.1. The summed E-state index contributed by atoms with van der Waals surface area (Å²) in [6, 6.07) is 0. The van der Waals surface area contributed by atoms with E-state index in [2.05, 4.69) is 13.8 Å². The van der Waals surface area contributed by atoms with Crippen LogP contribution in [0.5, 0.6) is 0 Å². The van der Waals surface area contributed by atoms with Crippen molar-refractivity contribution < 1.29 is 10.2 Å². The molecule has 35 heavy (non-hydrogen) atoms. The van der Waals surface area contributed by atoms with Crippen molar-refractivity contribution in [3.05, 3.63) is 0 Å². The predicted molar refractivity (Wildman–Crippen MR) is 157 cm³/mol. The van der Waals surface area contributed by atoms with Gasteiger partial charge in [0.05, 0.1) is 12.2 Å². The van der Waals surface area contributed by atoms with Crippen molar-refractivity contribution in [3.8, 4) is 0 Å². The molecule has 0 aromatic heterocycles. The van der Waals surface area contributed by atoms with Gasteiger partial charge in [0.15, 0.2) is 0 Å². The molecule has 0 radical (unpaired) electrons. The van der Waals surface area contributed by atoms with Gasteiger partial charge in [-0.3, -0.25) is 0 Å². The van der Waals surface area contributed by atoms with Gasteiger partial charge in [0.2, 0.25) is 0 Å². The average molecular weight is 497 g/mol. The van der Waals surface area contributed by atoms with Crippen LogP contribution in [0.4, 0.5) is 0 Å². The van der Waals surface area contributed by atoms with Gasteiger partial charge in [0.25, 0.3) is 0 Å². The molecule has 0 bridgehead atoms. The maximum Gasteiger partial charge on any atom is 0.0564 e. The Kier molecular flexibility index (Phi) is 30.1. The number of hydrogen-bond acceptors (Lipinski definition) is 2. The van der Waals surface area contributed by atoms with Crippen LogP contribution >= 0.6 is 0 Å². The van der Waals surface area contributed by atoms with E-state index >= 15 is 0 Å². The first-order chi connectivity index (χ1) is 17.2. The van der Waals surface area contributed by atoms with E-state index in [1.54, 1.807) is 0 Å². The lowest BCUT2D eigenvalue weighted by molar-refractivity contribution is 0.0681. The lowest BCUT2D eigenvalue weighted by Crippen LogP contribution is -2.17. The molecule has 2 nitrogen and oxygen atoms in total. The van der Waals surface area contributed by atoms with Crippen molar-refractivity contribution in [1.82, 2.24) is 0 Å². The van der Waals surface area contributed by atoms with Crippen molar-refractivity contribution in [2.45, 2.75) is 212 Å². The highest BCUT2D eigenvalue weighted by atomic mass is 16.3. The summed E-state index contributed by atoms with van der Waals surface area (Å²) < 4.78 is 0. The fourth-order valence-electron chi connectivity index (χ4n) is 5.35. The molecule has 2 atom stereocenters. The summed E-state index contributed by atoms with van der Waals surface area (Å²) >= 11 is 0. The highest BCUT2D eigenvalue weighted by Crippen LogP contribution is 2.17. The van der Waals surface area contributed by atoms with E-state index in [0.29, 0.717) is 6.42 Å². The maximum atomic E-state index is 10.1. The minimum absolute atomic E-state index is 0.304. The minimum Gasteiger partial charge on any atom is -0.393 e. The molecular formula is C33H68O2. The van der Waals surface area contributed by atoms with Crippen LogP contribution in [-0.2, 0) is 0 Å². The van der Waals surface area contributed by atoms with Crippen LogP contribution in [0, 0.1) is 0 Å². The molecule has 0 aromatic carbocycles. The van der Waals surface area contributed by atoms with Gasteiger partial charge < -0.3 is 10.2 Å². The Hall–Kier alpha value is -0.0800. The third-order valence-electron chi connectivity index (χ3n) is 7.83. The monoisotopic (exact) mass is 497 g/mol. The smallest absolute Gasteiger partial charge is 0.0564 e. The maximum absolute atomic E-state index is 10.1. The molecule has 0 saturated heterocycles. The largest absolute Gasteiger partial charge is 0.393 e. The molecule has 2 heteroatoms. The third-order valence-corrected chi connectivity index (χ3v) is 7.83. The van der Waals surface area contributed by atoms with Gasteiger partial charge in [-0.05, 0) is 19.3 Å². The Morgan fingerprint density at radius 1 is 0.314 bits per heavy atom. The van der Waals surface area contributed by atoms with Gasteiger partial charge in [0, 0.05) is 0 Å². The van der Waals surface area contributed by atoms with Crippen molar-refractivity contribution in [2.24, 2.45) is 0 Å². The first kappa shape index (κ1) is 34.9. The lowest BCUT2D eigenvalue weighted by atomic mass is 10.00. The number of unbranched alkanes of at least 4 members (excludes halogenated alkanes) is 24. The molecule has 0 spiro atoms. The number of aliphatic hydroxyl groups is 2. The summed E-state index contributed by atoms with van der Waals surface area (Å²) in [6.07, 6.45) is 37.6. The van der Waals surface area contributed by atoms with E-state index in [0.717, 1.165) is 25.7 Å². The number of rotatable bonds is 30.